The molecule has 5 aromatic carbocycles. The Morgan fingerprint density at radius 1 is 0.652 bits per heavy atom. The Morgan fingerprint density at radius 3 is 1.70 bits per heavy atom. The van der Waals surface area contributed by atoms with Gasteiger partial charge in [0.1, 0.15) is 25.9 Å². The normalized spacial score (nSPS) is 11.7. The van der Waals surface area contributed by atoms with Crippen LogP contribution in [-0.2, 0) is 20.2 Å². The molecule has 0 atom stereocenters. The second-order valence-electron chi connectivity index (χ2n) is 9.15. The van der Waals surface area contributed by atoms with E-state index < -0.39 is 47.4 Å². The van der Waals surface area contributed by atoms with Crippen LogP contribution in [0.1, 0.15) is 10.4 Å². The number of phenolic OH excluding ortho intramolecular Hbond substituents is 1. The van der Waals surface area contributed by atoms with Gasteiger partial charge in [-0.15, -0.1) is 5.11 Å². The number of nitrogens with one attached hydrogen (secondary N) is 1. The number of amides is 1. The fourth-order valence-electron chi connectivity index (χ4n) is 4.00. The number of hydrogen-bond acceptors (Lipinski definition) is 12. The van der Waals surface area contributed by atoms with Crippen LogP contribution in [0.25, 0.3) is 10.8 Å². The third-order valence-corrected chi connectivity index (χ3v) is 7.84. The van der Waals surface area contributed by atoms with Crippen molar-refractivity contribution in [2.75, 3.05) is 5.32 Å². The predicted molar refractivity (Wildman–Crippen MR) is 157 cm³/mol. The largest absolute Gasteiger partial charge is 1.00 e. The number of hydrogen-bond donors (Lipinski definition) is 2. The minimum absolute atomic E-state index is 0. The van der Waals surface area contributed by atoms with E-state index in [-0.39, 0.29) is 75.6 Å². The minimum atomic E-state index is -5.11. The van der Waals surface area contributed by atoms with E-state index in [2.05, 4.69) is 25.8 Å². The summed E-state index contributed by atoms with van der Waals surface area (Å²) in [4.78, 5) is 11.3. The average Bonchev–Trinajstić information content (AvgIpc) is 2.99. The predicted octanol–water partition coefficient (Wildman–Crippen LogP) is 0.445. The van der Waals surface area contributed by atoms with Crippen LogP contribution in [0, 0.1) is 0 Å². The Labute approximate surface area is 307 Å². The minimum Gasteiger partial charge on any atom is -0.744 e. The summed E-state index contributed by atoms with van der Waals surface area (Å²) in [6, 6.07) is 24.6. The molecule has 0 heterocycles. The molecule has 0 aromatic heterocycles. The van der Waals surface area contributed by atoms with Gasteiger partial charge in [-0.25, -0.2) is 16.8 Å². The summed E-state index contributed by atoms with van der Waals surface area (Å²) in [6.45, 7) is 0. The van der Waals surface area contributed by atoms with Crippen molar-refractivity contribution in [3.05, 3.63) is 109 Å². The van der Waals surface area contributed by atoms with Gasteiger partial charge in [-0.3, -0.25) is 4.79 Å². The Balaban J connectivity index is 0.00000288. The number of rotatable bonds is 8. The van der Waals surface area contributed by atoms with E-state index in [1.54, 1.807) is 30.3 Å². The molecule has 2 N–H and O–H groups in total. The molecule has 5 rings (SSSR count). The standard InChI is InChI=1S/C29H21N5O8S2.2Na/c35-28-25-15-12-23(30-29(36)18-4-2-1-3-5-18)16-19(25)17-26(44(40,41)42)27(28)34-33-21-8-6-20(7-9-21)31-32-22-10-13-24(14-11-22)43(37,38)39;;/h1-17,35H,(H,30,36)(H,37,38,39)(H,40,41,42);;/q;2*+1/p-2. The molecule has 5 aromatic rings. The molecule has 1 amide bonds. The van der Waals surface area contributed by atoms with E-state index in [1.807, 2.05) is 0 Å². The van der Waals surface area contributed by atoms with Crippen LogP contribution in [-0.4, -0.2) is 37.0 Å². The van der Waals surface area contributed by atoms with Crippen molar-refractivity contribution in [1.82, 2.24) is 0 Å². The van der Waals surface area contributed by atoms with E-state index in [0.29, 0.717) is 22.6 Å². The number of azo groups is 2. The van der Waals surface area contributed by atoms with Gasteiger partial charge >= 0.3 is 59.1 Å². The maximum absolute atomic E-state index is 12.5. The number of benzene rings is 5. The molecule has 17 heteroatoms. The van der Waals surface area contributed by atoms with Crippen LogP contribution >= 0.6 is 0 Å². The molecule has 0 fully saturated rings. The van der Waals surface area contributed by atoms with E-state index in [1.165, 1.54) is 54.6 Å². The van der Waals surface area contributed by atoms with Gasteiger partial charge in [0.25, 0.3) is 5.91 Å². The second-order valence-corrected chi connectivity index (χ2v) is 11.9. The number of phenols is 1. The van der Waals surface area contributed by atoms with E-state index in [4.69, 9.17) is 0 Å². The van der Waals surface area contributed by atoms with Gasteiger partial charge in [0, 0.05) is 16.6 Å². The maximum atomic E-state index is 12.5. The van der Waals surface area contributed by atoms with Gasteiger partial charge in [-0.2, -0.15) is 15.3 Å². The summed E-state index contributed by atoms with van der Waals surface area (Å²) in [5.41, 5.74) is 1.04. The SMILES string of the molecule is O=C(Nc1ccc2c(O)c(N=Nc3ccc(N=Nc4ccc(S(=O)(=O)[O-])cc4)cc3)c(S(=O)(=O)[O-])cc2c1)c1ccccc1.[Na+].[Na+]. The van der Waals surface area contributed by atoms with Crippen LogP contribution in [0.3, 0.4) is 0 Å². The van der Waals surface area contributed by atoms with Crippen molar-refractivity contribution in [2.24, 2.45) is 20.5 Å². The van der Waals surface area contributed by atoms with Crippen LogP contribution in [0.4, 0.5) is 28.4 Å². The summed E-state index contributed by atoms with van der Waals surface area (Å²) in [5.74, 6) is -1.00. The average molecular weight is 676 g/mol. The molecule has 222 valence electrons. The summed E-state index contributed by atoms with van der Waals surface area (Å²) in [5, 5.41) is 29.7. The first-order valence-corrected chi connectivity index (χ1v) is 15.3. The summed E-state index contributed by atoms with van der Waals surface area (Å²) in [7, 11) is -9.69. The molecule has 0 aliphatic rings. The smallest absolute Gasteiger partial charge is 0.744 e. The fourth-order valence-corrected chi connectivity index (χ4v) is 5.11. The van der Waals surface area contributed by atoms with Gasteiger partial charge in [-0.05, 0) is 90.3 Å². The number of carbonyl (C=O) groups is 1. The first kappa shape index (κ1) is 37.1. The van der Waals surface area contributed by atoms with Crippen molar-refractivity contribution in [2.45, 2.75) is 9.79 Å². The van der Waals surface area contributed by atoms with Crippen LogP contribution in [0.2, 0.25) is 0 Å². The van der Waals surface area contributed by atoms with Crippen molar-refractivity contribution in [3.63, 3.8) is 0 Å². The third-order valence-electron chi connectivity index (χ3n) is 6.14. The monoisotopic (exact) mass is 675 g/mol. The first-order chi connectivity index (χ1) is 20.9. The molecule has 0 saturated heterocycles. The number of nitrogens with zero attached hydrogens (tertiary/aromatic N) is 4. The zero-order valence-electron chi connectivity index (χ0n) is 24.2. The fraction of sp³-hybridized carbons (Fsp3) is 0. The molecule has 13 nitrogen and oxygen atoms in total. The van der Waals surface area contributed by atoms with E-state index in [9.17, 15) is 35.8 Å². The van der Waals surface area contributed by atoms with Crippen LogP contribution in [0.15, 0.2) is 133 Å². The molecule has 0 aliphatic heterocycles. The molecule has 0 spiro atoms. The second kappa shape index (κ2) is 15.5. The zero-order chi connectivity index (χ0) is 31.5. The summed E-state index contributed by atoms with van der Waals surface area (Å²) < 4.78 is 69.4. The van der Waals surface area contributed by atoms with Gasteiger partial charge in [0.15, 0.2) is 5.75 Å². The van der Waals surface area contributed by atoms with Crippen LogP contribution in [0.5, 0.6) is 5.75 Å². The molecule has 0 bridgehead atoms. The first-order valence-electron chi connectivity index (χ1n) is 12.5. The summed E-state index contributed by atoms with van der Waals surface area (Å²) >= 11 is 0. The molecular formula is C29H19N5Na2O8S2. The van der Waals surface area contributed by atoms with Crippen molar-refractivity contribution < 1.29 is 95.0 Å². The molecule has 0 radical (unpaired) electrons. The van der Waals surface area contributed by atoms with Crippen molar-refractivity contribution >= 4 is 65.4 Å². The Bertz CT molecular complexity index is 2160. The number of anilines is 1. The molecular weight excluding hydrogens is 656 g/mol. The number of carbonyl (C=O) groups excluding carboxylic acids is 1. The van der Waals surface area contributed by atoms with Crippen molar-refractivity contribution in [1.29, 1.82) is 0 Å². The van der Waals surface area contributed by atoms with Gasteiger partial charge in [-0.1, -0.05) is 18.2 Å². The topological polar surface area (TPSA) is 213 Å². The number of fused-ring (bicyclic) bond motifs is 1. The van der Waals surface area contributed by atoms with Gasteiger partial charge in [0.2, 0.25) is 0 Å². The van der Waals surface area contributed by atoms with E-state index in [0.717, 1.165) is 18.2 Å². The Morgan fingerprint density at radius 2 is 1.17 bits per heavy atom. The zero-order valence-corrected chi connectivity index (χ0v) is 29.9. The molecule has 0 aliphatic carbocycles. The van der Waals surface area contributed by atoms with Gasteiger partial charge < -0.3 is 19.5 Å². The van der Waals surface area contributed by atoms with Crippen LogP contribution < -0.4 is 64.4 Å². The number of aromatic hydroxyl groups is 1. The maximum Gasteiger partial charge on any atom is 1.00 e. The Hall–Kier alpha value is -3.35. The molecule has 0 saturated carbocycles. The molecule has 46 heavy (non-hydrogen) atoms. The van der Waals surface area contributed by atoms with Gasteiger partial charge in [0.05, 0.1) is 26.9 Å². The Kier molecular flexibility index (Phi) is 12.5. The molecule has 0 unspecified atom stereocenters. The van der Waals surface area contributed by atoms with Crippen molar-refractivity contribution in [3.8, 4) is 5.75 Å². The third kappa shape index (κ3) is 9.13. The summed E-state index contributed by atoms with van der Waals surface area (Å²) in [6.07, 6.45) is 0. The van der Waals surface area contributed by atoms with E-state index >= 15 is 0 Å². The quantitative estimate of drug-likeness (QED) is 0.133.